The topological polar surface area (TPSA) is 50.9 Å². The molecule has 1 aromatic carbocycles. The summed E-state index contributed by atoms with van der Waals surface area (Å²) in [6.45, 7) is 0.855. The molecule has 1 aromatic heterocycles. The molecule has 0 amide bonds. The van der Waals surface area contributed by atoms with E-state index in [2.05, 4.69) is 34.6 Å². The lowest BCUT2D eigenvalue weighted by molar-refractivity contribution is 0.498. The Hall–Kier alpha value is -1.71. The largest absolute Gasteiger partial charge is 0.324 e. The predicted octanol–water partition coefficient (Wildman–Crippen LogP) is 2.32. The van der Waals surface area contributed by atoms with Crippen LogP contribution in [0.3, 0.4) is 0 Å². The Balaban J connectivity index is 1.72. The van der Waals surface area contributed by atoms with Crippen LogP contribution < -0.4 is 11.1 Å². The van der Waals surface area contributed by atoms with Crippen LogP contribution in [0, 0.1) is 0 Å². The Morgan fingerprint density at radius 2 is 1.83 bits per heavy atom. The van der Waals surface area contributed by atoms with E-state index in [1.165, 1.54) is 16.7 Å². The van der Waals surface area contributed by atoms with Crippen LogP contribution in [-0.4, -0.2) is 4.98 Å². The molecular formula is C15H17N3. The molecule has 18 heavy (non-hydrogen) atoms. The van der Waals surface area contributed by atoms with Crippen molar-refractivity contribution in [1.82, 2.24) is 10.3 Å². The van der Waals surface area contributed by atoms with E-state index in [0.717, 1.165) is 13.0 Å². The zero-order valence-electron chi connectivity index (χ0n) is 10.2. The van der Waals surface area contributed by atoms with Crippen LogP contribution in [0.5, 0.6) is 0 Å². The minimum Gasteiger partial charge on any atom is -0.324 e. The van der Waals surface area contributed by atoms with Crippen LogP contribution in [0.4, 0.5) is 0 Å². The van der Waals surface area contributed by atoms with E-state index in [9.17, 15) is 0 Å². The number of nitrogens with two attached hydrogens (primary N) is 1. The number of rotatable bonds is 3. The number of aromatic nitrogens is 1. The predicted molar refractivity (Wildman–Crippen MR) is 71.8 cm³/mol. The van der Waals surface area contributed by atoms with Gasteiger partial charge in [0.25, 0.3) is 0 Å². The highest BCUT2D eigenvalue weighted by atomic mass is 14.9. The van der Waals surface area contributed by atoms with Crippen molar-refractivity contribution in [2.24, 2.45) is 5.73 Å². The van der Waals surface area contributed by atoms with Crippen LogP contribution in [0.2, 0.25) is 0 Å². The second-order valence-electron chi connectivity index (χ2n) is 4.76. The Morgan fingerprint density at radius 1 is 1.11 bits per heavy atom. The third kappa shape index (κ3) is 2.15. The van der Waals surface area contributed by atoms with E-state index in [4.69, 9.17) is 5.73 Å². The maximum atomic E-state index is 6.16. The molecule has 0 aliphatic heterocycles. The van der Waals surface area contributed by atoms with E-state index < -0.39 is 0 Å². The standard InChI is InChI=1S/C15H17N3/c16-14-9-15(13-4-2-1-3-12(13)14)18-10-11-5-7-17-8-6-11/h1-8,14-15,18H,9-10,16H2. The van der Waals surface area contributed by atoms with Crippen molar-refractivity contribution in [3.63, 3.8) is 0 Å². The number of hydrogen-bond donors (Lipinski definition) is 2. The summed E-state index contributed by atoms with van der Waals surface area (Å²) in [5.74, 6) is 0. The summed E-state index contributed by atoms with van der Waals surface area (Å²) >= 11 is 0. The molecule has 0 bridgehead atoms. The van der Waals surface area contributed by atoms with Crippen molar-refractivity contribution in [1.29, 1.82) is 0 Å². The van der Waals surface area contributed by atoms with Crippen molar-refractivity contribution in [3.05, 3.63) is 65.5 Å². The van der Waals surface area contributed by atoms with E-state index in [0.29, 0.717) is 6.04 Å². The van der Waals surface area contributed by atoms with Gasteiger partial charge in [-0.05, 0) is 35.2 Å². The van der Waals surface area contributed by atoms with Gasteiger partial charge < -0.3 is 11.1 Å². The lowest BCUT2D eigenvalue weighted by Crippen LogP contribution is -2.19. The lowest BCUT2D eigenvalue weighted by Gasteiger charge is -2.13. The molecule has 0 fully saturated rings. The van der Waals surface area contributed by atoms with Crippen LogP contribution in [-0.2, 0) is 6.54 Å². The minimum absolute atomic E-state index is 0.163. The highest BCUT2D eigenvalue weighted by Crippen LogP contribution is 2.36. The van der Waals surface area contributed by atoms with Gasteiger partial charge in [0.1, 0.15) is 0 Å². The zero-order valence-corrected chi connectivity index (χ0v) is 10.2. The molecule has 1 aliphatic rings. The molecule has 3 nitrogen and oxygen atoms in total. The highest BCUT2D eigenvalue weighted by molar-refractivity contribution is 5.37. The average Bonchev–Trinajstić information content (AvgIpc) is 2.75. The second kappa shape index (κ2) is 4.88. The summed E-state index contributed by atoms with van der Waals surface area (Å²) in [7, 11) is 0. The first-order valence-corrected chi connectivity index (χ1v) is 6.31. The first-order valence-electron chi connectivity index (χ1n) is 6.31. The average molecular weight is 239 g/mol. The lowest BCUT2D eigenvalue weighted by atomic mass is 10.1. The fourth-order valence-electron chi connectivity index (χ4n) is 2.61. The van der Waals surface area contributed by atoms with Crippen LogP contribution in [0.1, 0.15) is 35.2 Å². The van der Waals surface area contributed by atoms with Gasteiger partial charge in [0.15, 0.2) is 0 Å². The normalized spacial score (nSPS) is 21.8. The van der Waals surface area contributed by atoms with Gasteiger partial charge in [-0.15, -0.1) is 0 Å². The van der Waals surface area contributed by atoms with Gasteiger partial charge in [-0.25, -0.2) is 0 Å². The van der Waals surface area contributed by atoms with E-state index in [1.807, 2.05) is 24.5 Å². The van der Waals surface area contributed by atoms with Crippen molar-refractivity contribution < 1.29 is 0 Å². The molecular weight excluding hydrogens is 222 g/mol. The first kappa shape index (κ1) is 11.4. The van der Waals surface area contributed by atoms with Crippen LogP contribution in [0.25, 0.3) is 0 Å². The minimum atomic E-state index is 0.163. The third-order valence-corrected chi connectivity index (χ3v) is 3.56. The number of hydrogen-bond acceptors (Lipinski definition) is 3. The van der Waals surface area contributed by atoms with Crippen molar-refractivity contribution >= 4 is 0 Å². The molecule has 1 heterocycles. The molecule has 3 heteroatoms. The molecule has 0 saturated carbocycles. The molecule has 92 valence electrons. The van der Waals surface area contributed by atoms with Gasteiger partial charge in [0.2, 0.25) is 0 Å². The number of nitrogens with zero attached hydrogens (tertiary/aromatic N) is 1. The molecule has 1 aliphatic carbocycles. The van der Waals surface area contributed by atoms with Gasteiger partial charge in [0, 0.05) is 31.0 Å². The molecule has 0 saturated heterocycles. The van der Waals surface area contributed by atoms with Crippen LogP contribution >= 0.6 is 0 Å². The zero-order chi connectivity index (χ0) is 12.4. The Kier molecular flexibility index (Phi) is 3.09. The second-order valence-corrected chi connectivity index (χ2v) is 4.76. The molecule has 2 atom stereocenters. The molecule has 0 radical (unpaired) electrons. The Labute approximate surface area is 107 Å². The van der Waals surface area contributed by atoms with Crippen molar-refractivity contribution in [3.8, 4) is 0 Å². The fraction of sp³-hybridized carbons (Fsp3) is 0.267. The molecule has 3 N–H and O–H groups in total. The van der Waals surface area contributed by atoms with E-state index >= 15 is 0 Å². The number of nitrogens with one attached hydrogen (secondary N) is 1. The Morgan fingerprint density at radius 3 is 2.61 bits per heavy atom. The molecule has 2 unspecified atom stereocenters. The van der Waals surface area contributed by atoms with Gasteiger partial charge in [-0.2, -0.15) is 0 Å². The maximum Gasteiger partial charge on any atom is 0.0344 e. The summed E-state index contributed by atoms with van der Waals surface area (Å²) < 4.78 is 0. The summed E-state index contributed by atoms with van der Waals surface area (Å²) in [4.78, 5) is 4.03. The summed E-state index contributed by atoms with van der Waals surface area (Å²) in [6.07, 6.45) is 4.63. The molecule has 0 spiro atoms. The maximum absolute atomic E-state index is 6.16. The quantitative estimate of drug-likeness (QED) is 0.864. The SMILES string of the molecule is NC1CC(NCc2ccncc2)c2ccccc21. The van der Waals surface area contributed by atoms with Gasteiger partial charge in [-0.3, -0.25) is 4.98 Å². The summed E-state index contributed by atoms with van der Waals surface area (Å²) in [5.41, 5.74) is 10.0. The smallest absolute Gasteiger partial charge is 0.0344 e. The summed E-state index contributed by atoms with van der Waals surface area (Å²) in [6, 6.07) is 13.0. The van der Waals surface area contributed by atoms with Gasteiger partial charge in [-0.1, -0.05) is 24.3 Å². The number of fused-ring (bicyclic) bond motifs is 1. The van der Waals surface area contributed by atoms with E-state index in [-0.39, 0.29) is 6.04 Å². The first-order chi connectivity index (χ1) is 8.84. The molecule has 3 rings (SSSR count). The van der Waals surface area contributed by atoms with Gasteiger partial charge in [0.05, 0.1) is 0 Å². The highest BCUT2D eigenvalue weighted by Gasteiger charge is 2.27. The number of benzene rings is 1. The van der Waals surface area contributed by atoms with Gasteiger partial charge >= 0.3 is 0 Å². The van der Waals surface area contributed by atoms with Crippen molar-refractivity contribution in [2.75, 3.05) is 0 Å². The van der Waals surface area contributed by atoms with Crippen molar-refractivity contribution in [2.45, 2.75) is 25.0 Å². The fourth-order valence-corrected chi connectivity index (χ4v) is 2.61. The van der Waals surface area contributed by atoms with E-state index in [1.54, 1.807) is 0 Å². The summed E-state index contributed by atoms with van der Waals surface area (Å²) in [5, 5.41) is 3.58. The van der Waals surface area contributed by atoms with Crippen LogP contribution in [0.15, 0.2) is 48.8 Å². The molecule has 2 aromatic rings. The monoisotopic (exact) mass is 239 g/mol. The Bertz CT molecular complexity index is 524. The number of pyridine rings is 1. The third-order valence-electron chi connectivity index (χ3n) is 3.56.